The predicted molar refractivity (Wildman–Crippen MR) is 108 cm³/mol. The molecule has 0 aliphatic rings. The summed E-state index contributed by atoms with van der Waals surface area (Å²) >= 11 is 1.65. The zero-order chi connectivity index (χ0) is 19.1. The van der Waals surface area contributed by atoms with Gasteiger partial charge in [-0.1, -0.05) is 18.2 Å². The van der Waals surface area contributed by atoms with Gasteiger partial charge in [0, 0.05) is 22.3 Å². The van der Waals surface area contributed by atoms with E-state index in [0.717, 1.165) is 16.3 Å². The van der Waals surface area contributed by atoms with Gasteiger partial charge in [-0.15, -0.1) is 11.8 Å². The van der Waals surface area contributed by atoms with E-state index in [2.05, 4.69) is 10.6 Å². The number of pyridine rings is 1. The highest BCUT2D eigenvalue weighted by molar-refractivity contribution is 7.98. The number of rotatable bonds is 6. The van der Waals surface area contributed by atoms with Crippen molar-refractivity contribution in [3.05, 3.63) is 84.7 Å². The third-order valence-corrected chi connectivity index (χ3v) is 4.60. The number of amides is 2. The molecule has 5 nitrogen and oxygen atoms in total. The fourth-order valence-corrected chi connectivity index (χ4v) is 2.93. The van der Waals surface area contributed by atoms with Gasteiger partial charge < -0.3 is 10.6 Å². The SMILES string of the molecule is CSc1ccc(NC(=O)C[n+]2cccc(C(=O)Nc3ccccc3)c2)cc1. The zero-order valence-electron chi connectivity index (χ0n) is 14.9. The van der Waals surface area contributed by atoms with Crippen LogP contribution in [0.25, 0.3) is 0 Å². The number of para-hydroxylation sites is 1. The second-order valence-electron chi connectivity index (χ2n) is 5.86. The Kier molecular flexibility index (Phi) is 6.22. The zero-order valence-corrected chi connectivity index (χ0v) is 15.7. The molecule has 6 heteroatoms. The largest absolute Gasteiger partial charge is 0.322 e. The molecule has 3 aromatic rings. The Hall–Kier alpha value is -3.12. The lowest BCUT2D eigenvalue weighted by atomic mass is 10.2. The van der Waals surface area contributed by atoms with Crippen LogP contribution in [-0.2, 0) is 11.3 Å². The summed E-state index contributed by atoms with van der Waals surface area (Å²) in [7, 11) is 0. The van der Waals surface area contributed by atoms with Crippen molar-refractivity contribution in [1.29, 1.82) is 0 Å². The first kappa shape index (κ1) is 18.7. The predicted octanol–water partition coefficient (Wildman–Crippen LogP) is 3.59. The van der Waals surface area contributed by atoms with Crippen LogP contribution in [0.5, 0.6) is 0 Å². The number of aromatic nitrogens is 1. The van der Waals surface area contributed by atoms with Gasteiger partial charge in [-0.25, -0.2) is 0 Å². The maximum Gasteiger partial charge on any atom is 0.290 e. The molecule has 0 atom stereocenters. The highest BCUT2D eigenvalue weighted by Gasteiger charge is 2.14. The van der Waals surface area contributed by atoms with Gasteiger partial charge in [0.05, 0.1) is 0 Å². The van der Waals surface area contributed by atoms with Crippen LogP contribution in [0.15, 0.2) is 84.0 Å². The van der Waals surface area contributed by atoms with Gasteiger partial charge in [0.25, 0.3) is 11.8 Å². The molecule has 1 aromatic heterocycles. The average molecular weight is 378 g/mol. The first-order chi connectivity index (χ1) is 13.1. The summed E-state index contributed by atoms with van der Waals surface area (Å²) in [5.74, 6) is -0.374. The smallest absolute Gasteiger partial charge is 0.290 e. The lowest BCUT2D eigenvalue weighted by Crippen LogP contribution is -2.40. The van der Waals surface area contributed by atoms with Crippen LogP contribution in [0.4, 0.5) is 11.4 Å². The highest BCUT2D eigenvalue weighted by atomic mass is 32.2. The fourth-order valence-electron chi connectivity index (χ4n) is 2.52. The molecule has 0 saturated heterocycles. The Labute approximate surface area is 162 Å². The monoisotopic (exact) mass is 378 g/mol. The van der Waals surface area contributed by atoms with E-state index in [1.807, 2.05) is 60.9 Å². The van der Waals surface area contributed by atoms with Gasteiger partial charge >= 0.3 is 0 Å². The van der Waals surface area contributed by atoms with E-state index in [4.69, 9.17) is 0 Å². The Bertz CT molecular complexity index is 928. The Balaban J connectivity index is 1.62. The highest BCUT2D eigenvalue weighted by Crippen LogP contribution is 2.17. The molecule has 27 heavy (non-hydrogen) atoms. The van der Waals surface area contributed by atoms with Crippen molar-refractivity contribution in [2.24, 2.45) is 0 Å². The summed E-state index contributed by atoms with van der Waals surface area (Å²) < 4.78 is 1.69. The van der Waals surface area contributed by atoms with Gasteiger partial charge in [0.2, 0.25) is 6.54 Å². The molecule has 3 rings (SSSR count). The third-order valence-electron chi connectivity index (χ3n) is 3.85. The summed E-state index contributed by atoms with van der Waals surface area (Å²) in [6, 6.07) is 20.4. The first-order valence-electron chi connectivity index (χ1n) is 8.43. The number of hydrogen-bond acceptors (Lipinski definition) is 3. The Morgan fingerprint density at radius 1 is 0.889 bits per heavy atom. The maximum absolute atomic E-state index is 12.4. The molecule has 0 unspecified atom stereocenters. The number of hydrogen-bond donors (Lipinski definition) is 2. The van der Waals surface area contributed by atoms with E-state index in [9.17, 15) is 9.59 Å². The quantitative estimate of drug-likeness (QED) is 0.509. The standard InChI is InChI=1S/C21H19N3O2S/c1-27-19-11-9-18(10-12-19)22-20(25)15-24-13-5-6-16(14-24)21(26)23-17-7-3-2-4-8-17/h2-14H,15H2,1H3,(H-,22,23,25,26)/p+1. The normalized spacial score (nSPS) is 10.3. The van der Waals surface area contributed by atoms with E-state index in [-0.39, 0.29) is 18.4 Å². The first-order valence-corrected chi connectivity index (χ1v) is 9.66. The average Bonchev–Trinajstić information content (AvgIpc) is 2.69. The second kappa shape index (κ2) is 9.00. The molecule has 1 heterocycles. The van der Waals surface area contributed by atoms with Crippen molar-refractivity contribution < 1.29 is 14.2 Å². The number of anilines is 2. The number of nitrogens with one attached hydrogen (secondary N) is 2. The molecule has 136 valence electrons. The molecule has 0 aliphatic carbocycles. The summed E-state index contributed by atoms with van der Waals surface area (Å²) in [6.45, 7) is 0.122. The van der Waals surface area contributed by atoms with Crippen LogP contribution in [-0.4, -0.2) is 18.1 Å². The van der Waals surface area contributed by atoms with Crippen molar-refractivity contribution in [2.75, 3.05) is 16.9 Å². The molecule has 2 N–H and O–H groups in total. The van der Waals surface area contributed by atoms with Gasteiger partial charge in [0.1, 0.15) is 5.56 Å². The lowest BCUT2D eigenvalue weighted by Gasteiger charge is -2.06. The van der Waals surface area contributed by atoms with Crippen LogP contribution >= 0.6 is 11.8 Å². The number of carbonyl (C=O) groups excluding carboxylic acids is 2. The van der Waals surface area contributed by atoms with Crippen LogP contribution in [0, 0.1) is 0 Å². The minimum absolute atomic E-state index is 0.122. The van der Waals surface area contributed by atoms with Gasteiger partial charge in [-0.05, 0) is 48.7 Å². The van der Waals surface area contributed by atoms with Gasteiger partial charge in [-0.3, -0.25) is 9.59 Å². The van der Waals surface area contributed by atoms with Crippen LogP contribution in [0.2, 0.25) is 0 Å². The van der Waals surface area contributed by atoms with Crippen molar-refractivity contribution in [3.63, 3.8) is 0 Å². The van der Waals surface area contributed by atoms with E-state index < -0.39 is 0 Å². The van der Waals surface area contributed by atoms with E-state index in [0.29, 0.717) is 5.56 Å². The number of nitrogens with zero attached hydrogens (tertiary/aromatic N) is 1. The fraction of sp³-hybridized carbons (Fsp3) is 0.0952. The van der Waals surface area contributed by atoms with Crippen molar-refractivity contribution in [3.8, 4) is 0 Å². The second-order valence-corrected chi connectivity index (χ2v) is 6.74. The molecule has 2 aromatic carbocycles. The lowest BCUT2D eigenvalue weighted by molar-refractivity contribution is -0.684. The molecule has 0 spiro atoms. The number of carbonyl (C=O) groups is 2. The molecule has 0 aliphatic heterocycles. The van der Waals surface area contributed by atoms with Gasteiger partial charge in [0.15, 0.2) is 12.4 Å². The van der Waals surface area contributed by atoms with E-state index >= 15 is 0 Å². The van der Waals surface area contributed by atoms with E-state index in [1.165, 1.54) is 0 Å². The van der Waals surface area contributed by atoms with Crippen LogP contribution in [0.3, 0.4) is 0 Å². The Morgan fingerprint density at radius 2 is 1.59 bits per heavy atom. The van der Waals surface area contributed by atoms with E-state index in [1.54, 1.807) is 40.9 Å². The Morgan fingerprint density at radius 3 is 2.30 bits per heavy atom. The van der Waals surface area contributed by atoms with Crippen molar-refractivity contribution in [1.82, 2.24) is 0 Å². The number of thioether (sulfide) groups is 1. The summed E-state index contributed by atoms with van der Waals surface area (Å²) in [4.78, 5) is 25.8. The summed E-state index contributed by atoms with van der Waals surface area (Å²) in [6.07, 6.45) is 5.43. The van der Waals surface area contributed by atoms with Crippen molar-refractivity contribution >= 4 is 35.0 Å². The third kappa shape index (κ3) is 5.43. The minimum Gasteiger partial charge on any atom is -0.322 e. The van der Waals surface area contributed by atoms with Crippen LogP contribution < -0.4 is 15.2 Å². The van der Waals surface area contributed by atoms with Crippen molar-refractivity contribution in [2.45, 2.75) is 11.4 Å². The minimum atomic E-state index is -0.219. The molecule has 0 radical (unpaired) electrons. The summed E-state index contributed by atoms with van der Waals surface area (Å²) in [5, 5.41) is 5.70. The molecule has 2 amide bonds. The molecule has 0 bridgehead atoms. The molecular weight excluding hydrogens is 358 g/mol. The molecular formula is C21H20N3O2S+. The topological polar surface area (TPSA) is 62.1 Å². The molecule has 0 fully saturated rings. The van der Waals surface area contributed by atoms with Crippen LogP contribution in [0.1, 0.15) is 10.4 Å². The number of benzene rings is 2. The molecule has 0 saturated carbocycles. The maximum atomic E-state index is 12.4. The van der Waals surface area contributed by atoms with Gasteiger partial charge in [-0.2, -0.15) is 4.57 Å². The summed E-state index contributed by atoms with van der Waals surface area (Å²) in [5.41, 5.74) is 1.96.